The smallest absolute Gasteiger partial charge is 0.267 e. The summed E-state index contributed by atoms with van der Waals surface area (Å²) in [4.78, 5) is 23.4. The van der Waals surface area contributed by atoms with E-state index in [2.05, 4.69) is 5.32 Å². The van der Waals surface area contributed by atoms with Gasteiger partial charge in [0, 0.05) is 18.2 Å². The molecule has 0 aromatic heterocycles. The molecular weight excluding hydrogens is 280 g/mol. The van der Waals surface area contributed by atoms with E-state index in [1.165, 1.54) is 49.7 Å². The number of rotatable bonds is 5. The van der Waals surface area contributed by atoms with Crippen molar-refractivity contribution < 1.29 is 14.8 Å². The molecule has 0 saturated heterocycles. The van der Waals surface area contributed by atoms with Crippen molar-refractivity contribution >= 4 is 17.9 Å². The number of hydrogen-bond acceptors (Lipinski definition) is 3. The molecule has 5 heteroatoms. The number of carbonyl (C=O) groups is 2. The summed E-state index contributed by atoms with van der Waals surface area (Å²) in [7, 11) is 0. The maximum Gasteiger partial charge on any atom is 0.267 e. The highest BCUT2D eigenvalue weighted by atomic mass is 16.5. The molecular formula is C17H22N2O3. The second kappa shape index (κ2) is 8.34. The summed E-state index contributed by atoms with van der Waals surface area (Å²) in [6, 6.07) is 7.08. The van der Waals surface area contributed by atoms with Crippen LogP contribution in [0, 0.1) is 5.92 Å². The molecule has 0 heterocycles. The number of nitrogens with one attached hydrogen (secondary N) is 2. The summed E-state index contributed by atoms with van der Waals surface area (Å²) < 4.78 is 0. The zero-order chi connectivity index (χ0) is 15.8. The Bertz CT molecular complexity index is 549. The van der Waals surface area contributed by atoms with Crippen LogP contribution in [0.2, 0.25) is 0 Å². The van der Waals surface area contributed by atoms with Crippen LogP contribution in [-0.2, 0) is 4.79 Å². The Labute approximate surface area is 130 Å². The van der Waals surface area contributed by atoms with Crippen molar-refractivity contribution in [2.45, 2.75) is 32.1 Å². The summed E-state index contributed by atoms with van der Waals surface area (Å²) in [6.45, 7) is 0.702. The Balaban J connectivity index is 1.99. The van der Waals surface area contributed by atoms with Crippen LogP contribution in [0.5, 0.6) is 0 Å². The first kappa shape index (κ1) is 16.2. The molecule has 2 amide bonds. The Morgan fingerprint density at radius 3 is 2.64 bits per heavy atom. The first-order valence-corrected chi connectivity index (χ1v) is 7.70. The van der Waals surface area contributed by atoms with Crippen LogP contribution in [0.3, 0.4) is 0 Å². The third kappa shape index (κ3) is 4.70. The van der Waals surface area contributed by atoms with Gasteiger partial charge >= 0.3 is 0 Å². The lowest BCUT2D eigenvalue weighted by Crippen LogP contribution is -2.30. The molecule has 5 nitrogen and oxygen atoms in total. The predicted molar refractivity (Wildman–Crippen MR) is 84.3 cm³/mol. The lowest BCUT2D eigenvalue weighted by molar-refractivity contribution is -0.124. The van der Waals surface area contributed by atoms with E-state index in [9.17, 15) is 9.59 Å². The molecule has 1 aromatic carbocycles. The van der Waals surface area contributed by atoms with Gasteiger partial charge in [-0.15, -0.1) is 0 Å². The number of hydroxylamine groups is 1. The highest BCUT2D eigenvalue weighted by molar-refractivity contribution is 5.99. The highest BCUT2D eigenvalue weighted by Gasteiger charge is 2.15. The van der Waals surface area contributed by atoms with E-state index in [4.69, 9.17) is 5.21 Å². The SMILES string of the molecule is O=C(C=Cc1ccccc1C(=O)NCC1CCCCC1)NO. The first-order valence-electron chi connectivity index (χ1n) is 7.70. The van der Waals surface area contributed by atoms with Crippen LogP contribution >= 0.6 is 0 Å². The summed E-state index contributed by atoms with van der Waals surface area (Å²) in [5.74, 6) is -0.187. The van der Waals surface area contributed by atoms with Gasteiger partial charge in [0.25, 0.3) is 11.8 Å². The Morgan fingerprint density at radius 2 is 1.91 bits per heavy atom. The highest BCUT2D eigenvalue weighted by Crippen LogP contribution is 2.23. The van der Waals surface area contributed by atoms with E-state index >= 15 is 0 Å². The molecule has 0 radical (unpaired) electrons. The van der Waals surface area contributed by atoms with Crippen molar-refractivity contribution in [3.63, 3.8) is 0 Å². The van der Waals surface area contributed by atoms with E-state index in [1.807, 2.05) is 0 Å². The molecule has 1 fully saturated rings. The molecule has 0 bridgehead atoms. The van der Waals surface area contributed by atoms with Gasteiger partial charge in [-0.1, -0.05) is 37.5 Å². The van der Waals surface area contributed by atoms with Gasteiger partial charge in [0.15, 0.2) is 0 Å². The van der Waals surface area contributed by atoms with Gasteiger partial charge < -0.3 is 5.32 Å². The topological polar surface area (TPSA) is 78.4 Å². The van der Waals surface area contributed by atoms with Gasteiger partial charge in [-0.2, -0.15) is 0 Å². The van der Waals surface area contributed by atoms with Crippen LogP contribution in [0.1, 0.15) is 48.0 Å². The Hall–Kier alpha value is -2.14. The van der Waals surface area contributed by atoms with E-state index < -0.39 is 5.91 Å². The van der Waals surface area contributed by atoms with Crippen molar-refractivity contribution in [3.8, 4) is 0 Å². The van der Waals surface area contributed by atoms with Gasteiger partial charge in [0.05, 0.1) is 0 Å². The normalized spacial score (nSPS) is 15.7. The second-order valence-corrected chi connectivity index (χ2v) is 5.61. The zero-order valence-electron chi connectivity index (χ0n) is 12.5. The van der Waals surface area contributed by atoms with Crippen LogP contribution in [0.25, 0.3) is 6.08 Å². The third-order valence-electron chi connectivity index (χ3n) is 4.01. The summed E-state index contributed by atoms with van der Waals surface area (Å²) in [6.07, 6.45) is 8.85. The van der Waals surface area contributed by atoms with E-state index in [-0.39, 0.29) is 5.91 Å². The Kier molecular flexibility index (Phi) is 6.15. The first-order chi connectivity index (χ1) is 10.7. The molecule has 2 rings (SSSR count). The molecule has 1 aliphatic carbocycles. The average molecular weight is 302 g/mol. The summed E-state index contributed by atoms with van der Waals surface area (Å²) in [5.41, 5.74) is 2.70. The quantitative estimate of drug-likeness (QED) is 0.444. The molecule has 1 aromatic rings. The van der Waals surface area contributed by atoms with Crippen LogP contribution in [-0.4, -0.2) is 23.6 Å². The Morgan fingerprint density at radius 1 is 1.18 bits per heavy atom. The molecule has 3 N–H and O–H groups in total. The van der Waals surface area contributed by atoms with E-state index in [1.54, 1.807) is 24.3 Å². The molecule has 118 valence electrons. The number of benzene rings is 1. The fourth-order valence-electron chi connectivity index (χ4n) is 2.78. The fourth-order valence-corrected chi connectivity index (χ4v) is 2.78. The molecule has 0 unspecified atom stereocenters. The maximum atomic E-state index is 12.3. The number of carbonyl (C=O) groups excluding carboxylic acids is 2. The van der Waals surface area contributed by atoms with Crippen molar-refractivity contribution in [1.82, 2.24) is 10.8 Å². The maximum absolute atomic E-state index is 12.3. The van der Waals surface area contributed by atoms with Crippen LogP contribution in [0.15, 0.2) is 30.3 Å². The lowest BCUT2D eigenvalue weighted by Gasteiger charge is -2.21. The molecule has 1 saturated carbocycles. The van der Waals surface area contributed by atoms with Crippen molar-refractivity contribution in [2.24, 2.45) is 5.92 Å². The molecule has 0 aliphatic heterocycles. The van der Waals surface area contributed by atoms with Gasteiger partial charge in [-0.25, -0.2) is 5.48 Å². The monoisotopic (exact) mass is 302 g/mol. The molecule has 22 heavy (non-hydrogen) atoms. The van der Waals surface area contributed by atoms with Crippen molar-refractivity contribution in [3.05, 3.63) is 41.5 Å². The van der Waals surface area contributed by atoms with Crippen molar-refractivity contribution in [2.75, 3.05) is 6.54 Å². The van der Waals surface area contributed by atoms with Gasteiger partial charge in [-0.3, -0.25) is 14.8 Å². The molecule has 0 spiro atoms. The van der Waals surface area contributed by atoms with E-state index in [0.29, 0.717) is 23.6 Å². The predicted octanol–water partition coefficient (Wildman–Crippen LogP) is 2.52. The average Bonchev–Trinajstić information content (AvgIpc) is 2.58. The van der Waals surface area contributed by atoms with Crippen LogP contribution < -0.4 is 10.8 Å². The van der Waals surface area contributed by atoms with Crippen molar-refractivity contribution in [1.29, 1.82) is 0 Å². The van der Waals surface area contributed by atoms with E-state index in [0.717, 1.165) is 0 Å². The zero-order valence-corrected chi connectivity index (χ0v) is 12.5. The minimum Gasteiger partial charge on any atom is -0.352 e. The lowest BCUT2D eigenvalue weighted by atomic mass is 9.89. The second-order valence-electron chi connectivity index (χ2n) is 5.61. The minimum atomic E-state index is -0.627. The fraction of sp³-hybridized carbons (Fsp3) is 0.412. The van der Waals surface area contributed by atoms with Crippen LogP contribution in [0.4, 0.5) is 0 Å². The largest absolute Gasteiger partial charge is 0.352 e. The standard InChI is InChI=1S/C17H22N2O3/c20-16(19-22)11-10-14-8-4-5-9-15(14)17(21)18-12-13-6-2-1-3-7-13/h4-5,8-11,13,22H,1-3,6-7,12H2,(H,18,21)(H,19,20). The van der Waals surface area contributed by atoms with Gasteiger partial charge in [0.1, 0.15) is 0 Å². The minimum absolute atomic E-state index is 0.129. The molecule has 1 aliphatic rings. The molecule has 0 atom stereocenters. The van der Waals surface area contributed by atoms with Gasteiger partial charge in [-0.05, 0) is 36.5 Å². The summed E-state index contributed by atoms with van der Waals surface area (Å²) in [5, 5.41) is 11.5. The number of amides is 2. The summed E-state index contributed by atoms with van der Waals surface area (Å²) >= 11 is 0. The number of hydrogen-bond donors (Lipinski definition) is 3. The third-order valence-corrected chi connectivity index (χ3v) is 4.01. The van der Waals surface area contributed by atoms with Gasteiger partial charge in [0.2, 0.25) is 0 Å².